The smallest absolute Gasteiger partial charge is 0.216 e. The van der Waals surface area contributed by atoms with Gasteiger partial charge in [0, 0.05) is 25.8 Å². The molecular weight excluding hydrogens is 214 g/mol. The number of nitrogens with one attached hydrogen (secondary N) is 1. The standard InChI is InChI=1S/C14H19NO2/c1-11-5-7-13(8-6-11)14(4-3-9-16)10-15-12(2)17/h5-9,14H,3-4,10H2,1-2H3,(H,15,17). The molecule has 0 aromatic heterocycles. The molecular formula is C14H19NO2. The zero-order chi connectivity index (χ0) is 12.7. The van der Waals surface area contributed by atoms with E-state index in [0.717, 1.165) is 12.7 Å². The van der Waals surface area contributed by atoms with Crippen LogP contribution in [-0.4, -0.2) is 18.7 Å². The number of amides is 1. The number of carbonyl (C=O) groups excluding carboxylic acids is 2. The van der Waals surface area contributed by atoms with Crippen LogP contribution < -0.4 is 5.32 Å². The van der Waals surface area contributed by atoms with E-state index in [0.29, 0.717) is 13.0 Å². The number of hydrogen-bond acceptors (Lipinski definition) is 2. The normalized spacial score (nSPS) is 11.9. The molecule has 3 heteroatoms. The largest absolute Gasteiger partial charge is 0.356 e. The van der Waals surface area contributed by atoms with Crippen molar-refractivity contribution in [2.75, 3.05) is 6.54 Å². The van der Waals surface area contributed by atoms with Crippen LogP contribution in [0.5, 0.6) is 0 Å². The molecule has 0 radical (unpaired) electrons. The summed E-state index contributed by atoms with van der Waals surface area (Å²) in [6, 6.07) is 8.23. The van der Waals surface area contributed by atoms with Crippen molar-refractivity contribution in [3.63, 3.8) is 0 Å². The van der Waals surface area contributed by atoms with E-state index in [4.69, 9.17) is 0 Å². The monoisotopic (exact) mass is 233 g/mol. The summed E-state index contributed by atoms with van der Waals surface area (Å²) in [6.45, 7) is 4.14. The number of hydrogen-bond donors (Lipinski definition) is 1. The highest BCUT2D eigenvalue weighted by molar-refractivity contribution is 5.72. The Kier molecular flexibility index (Phi) is 5.40. The van der Waals surface area contributed by atoms with E-state index in [9.17, 15) is 9.59 Å². The lowest BCUT2D eigenvalue weighted by Crippen LogP contribution is -2.26. The van der Waals surface area contributed by atoms with Gasteiger partial charge in [0.25, 0.3) is 0 Å². The van der Waals surface area contributed by atoms with Gasteiger partial charge in [0.15, 0.2) is 0 Å². The van der Waals surface area contributed by atoms with Gasteiger partial charge in [-0.3, -0.25) is 4.79 Å². The third-order valence-electron chi connectivity index (χ3n) is 2.78. The van der Waals surface area contributed by atoms with Gasteiger partial charge in [-0.1, -0.05) is 29.8 Å². The van der Waals surface area contributed by atoms with E-state index in [1.165, 1.54) is 18.1 Å². The van der Waals surface area contributed by atoms with Gasteiger partial charge < -0.3 is 10.1 Å². The van der Waals surface area contributed by atoms with E-state index in [-0.39, 0.29) is 11.8 Å². The molecule has 0 aliphatic carbocycles. The van der Waals surface area contributed by atoms with Crippen molar-refractivity contribution in [3.8, 4) is 0 Å². The molecule has 3 nitrogen and oxygen atoms in total. The van der Waals surface area contributed by atoms with Gasteiger partial charge in [-0.25, -0.2) is 0 Å². The highest BCUT2D eigenvalue weighted by Crippen LogP contribution is 2.20. The summed E-state index contributed by atoms with van der Waals surface area (Å²) in [4.78, 5) is 21.4. The molecule has 0 saturated carbocycles. The molecule has 0 saturated heterocycles. The van der Waals surface area contributed by atoms with Crippen LogP contribution in [0, 0.1) is 6.92 Å². The Hall–Kier alpha value is -1.64. The van der Waals surface area contributed by atoms with Gasteiger partial charge in [0.1, 0.15) is 6.29 Å². The maximum absolute atomic E-state index is 10.9. The predicted molar refractivity (Wildman–Crippen MR) is 67.9 cm³/mol. The highest BCUT2D eigenvalue weighted by Gasteiger charge is 2.11. The summed E-state index contributed by atoms with van der Waals surface area (Å²) in [6.07, 6.45) is 2.22. The maximum Gasteiger partial charge on any atom is 0.216 e. The lowest BCUT2D eigenvalue weighted by molar-refractivity contribution is -0.119. The van der Waals surface area contributed by atoms with Crippen molar-refractivity contribution in [3.05, 3.63) is 35.4 Å². The minimum Gasteiger partial charge on any atom is -0.356 e. The third kappa shape index (κ3) is 4.81. The molecule has 1 rings (SSSR count). The van der Waals surface area contributed by atoms with E-state index in [1.807, 2.05) is 6.92 Å². The van der Waals surface area contributed by atoms with Gasteiger partial charge in [-0.05, 0) is 18.9 Å². The average Bonchev–Trinajstić information content (AvgIpc) is 2.30. The molecule has 1 unspecified atom stereocenters. The summed E-state index contributed by atoms with van der Waals surface area (Å²) >= 11 is 0. The second-order valence-electron chi connectivity index (χ2n) is 4.29. The Labute approximate surface area is 102 Å². The van der Waals surface area contributed by atoms with Gasteiger partial charge in [0.2, 0.25) is 5.91 Å². The van der Waals surface area contributed by atoms with Crippen LogP contribution in [0.15, 0.2) is 24.3 Å². The average molecular weight is 233 g/mol. The molecule has 0 spiro atoms. The van der Waals surface area contributed by atoms with E-state index < -0.39 is 0 Å². The Morgan fingerprint density at radius 2 is 2.00 bits per heavy atom. The molecule has 0 heterocycles. The fourth-order valence-corrected chi connectivity index (χ4v) is 1.76. The number of rotatable bonds is 6. The Balaban J connectivity index is 2.70. The van der Waals surface area contributed by atoms with Gasteiger partial charge in [-0.15, -0.1) is 0 Å². The van der Waals surface area contributed by atoms with Gasteiger partial charge >= 0.3 is 0 Å². The number of carbonyl (C=O) groups is 2. The van der Waals surface area contributed by atoms with Crippen molar-refractivity contribution in [1.29, 1.82) is 0 Å². The van der Waals surface area contributed by atoms with E-state index >= 15 is 0 Å². The fraction of sp³-hybridized carbons (Fsp3) is 0.429. The molecule has 0 aliphatic heterocycles. The molecule has 0 fully saturated rings. The van der Waals surface area contributed by atoms with Crippen molar-refractivity contribution < 1.29 is 9.59 Å². The first kappa shape index (κ1) is 13.4. The number of aldehydes is 1. The van der Waals surface area contributed by atoms with Crippen molar-refractivity contribution >= 4 is 12.2 Å². The van der Waals surface area contributed by atoms with Crippen LogP contribution in [0.3, 0.4) is 0 Å². The fourth-order valence-electron chi connectivity index (χ4n) is 1.76. The summed E-state index contributed by atoms with van der Waals surface area (Å²) < 4.78 is 0. The molecule has 1 aromatic carbocycles. The second-order valence-corrected chi connectivity index (χ2v) is 4.29. The Bertz CT molecular complexity index is 370. The maximum atomic E-state index is 10.9. The van der Waals surface area contributed by atoms with Gasteiger partial charge in [-0.2, -0.15) is 0 Å². The molecule has 17 heavy (non-hydrogen) atoms. The summed E-state index contributed by atoms with van der Waals surface area (Å²) in [7, 11) is 0. The van der Waals surface area contributed by atoms with Gasteiger partial charge in [0.05, 0.1) is 0 Å². The first-order valence-electron chi connectivity index (χ1n) is 5.88. The molecule has 1 N–H and O–H groups in total. The van der Waals surface area contributed by atoms with Crippen LogP contribution >= 0.6 is 0 Å². The highest BCUT2D eigenvalue weighted by atomic mass is 16.1. The zero-order valence-electron chi connectivity index (χ0n) is 10.4. The van der Waals surface area contributed by atoms with Crippen molar-refractivity contribution in [2.45, 2.75) is 32.6 Å². The van der Waals surface area contributed by atoms with Crippen LogP contribution in [0.1, 0.15) is 36.8 Å². The lowest BCUT2D eigenvalue weighted by atomic mass is 9.93. The summed E-state index contributed by atoms with van der Waals surface area (Å²) in [5.74, 6) is 0.179. The zero-order valence-corrected chi connectivity index (χ0v) is 10.4. The van der Waals surface area contributed by atoms with Crippen molar-refractivity contribution in [2.24, 2.45) is 0 Å². The first-order valence-corrected chi connectivity index (χ1v) is 5.88. The van der Waals surface area contributed by atoms with Crippen LogP contribution in [0.4, 0.5) is 0 Å². The van der Waals surface area contributed by atoms with E-state index in [1.54, 1.807) is 0 Å². The molecule has 0 bridgehead atoms. The third-order valence-corrected chi connectivity index (χ3v) is 2.78. The van der Waals surface area contributed by atoms with Crippen LogP contribution in [0.2, 0.25) is 0 Å². The lowest BCUT2D eigenvalue weighted by Gasteiger charge is -2.16. The number of aryl methyl sites for hydroxylation is 1. The Morgan fingerprint density at radius 3 is 2.53 bits per heavy atom. The molecule has 92 valence electrons. The van der Waals surface area contributed by atoms with E-state index in [2.05, 4.69) is 29.6 Å². The quantitative estimate of drug-likeness (QED) is 0.766. The Morgan fingerprint density at radius 1 is 1.35 bits per heavy atom. The molecule has 1 atom stereocenters. The summed E-state index contributed by atoms with van der Waals surface area (Å²) in [5.41, 5.74) is 2.38. The number of benzene rings is 1. The first-order chi connectivity index (χ1) is 8.13. The molecule has 1 aromatic rings. The minimum atomic E-state index is -0.0341. The predicted octanol–water partition coefficient (Wildman–Crippen LogP) is 2.19. The topological polar surface area (TPSA) is 46.2 Å². The second kappa shape index (κ2) is 6.84. The van der Waals surface area contributed by atoms with Crippen LogP contribution in [-0.2, 0) is 9.59 Å². The van der Waals surface area contributed by atoms with Crippen molar-refractivity contribution in [1.82, 2.24) is 5.32 Å². The summed E-state index contributed by atoms with van der Waals surface area (Å²) in [5, 5.41) is 2.81. The van der Waals surface area contributed by atoms with Crippen LogP contribution in [0.25, 0.3) is 0 Å². The molecule has 1 amide bonds. The minimum absolute atomic E-state index is 0.0341. The molecule has 0 aliphatic rings. The SMILES string of the molecule is CC(=O)NCC(CCC=O)c1ccc(C)cc1.